The Morgan fingerprint density at radius 2 is 1.89 bits per heavy atom. The first kappa shape index (κ1) is 25.8. The Balaban J connectivity index is 1.52. The fourth-order valence-electron chi connectivity index (χ4n) is 5.42. The summed E-state index contributed by atoms with van der Waals surface area (Å²) in [6, 6.07) is 5.55. The Hall–Kier alpha value is -2.82. The summed E-state index contributed by atoms with van der Waals surface area (Å²) < 4.78 is 16.4. The number of ketones is 1. The monoisotopic (exact) mass is 526 g/mol. The lowest BCUT2D eigenvalue weighted by Gasteiger charge is -2.38. The lowest BCUT2D eigenvalue weighted by Crippen LogP contribution is -2.37. The van der Waals surface area contributed by atoms with Gasteiger partial charge >= 0.3 is 0 Å². The second kappa shape index (κ2) is 10.5. The van der Waals surface area contributed by atoms with E-state index in [2.05, 4.69) is 29.0 Å². The SMILES string of the molecule is COc1ccc([C@@H]2C3=C(CC(C)(C)CC3=O)Nc3nc(SCCN4CCOCC4)[nH]c(=O)c32)cc1OC. The highest BCUT2D eigenvalue weighted by Gasteiger charge is 2.42. The van der Waals surface area contributed by atoms with E-state index in [1.807, 2.05) is 18.2 Å². The first-order valence-corrected chi connectivity index (χ1v) is 13.6. The van der Waals surface area contributed by atoms with Crippen molar-refractivity contribution in [3.8, 4) is 11.5 Å². The molecule has 1 aliphatic carbocycles. The molecule has 9 nitrogen and oxygen atoms in total. The second-order valence-corrected chi connectivity index (χ2v) is 11.5. The van der Waals surface area contributed by atoms with Crippen molar-refractivity contribution in [2.45, 2.75) is 37.8 Å². The third-order valence-corrected chi connectivity index (χ3v) is 8.04. The number of Topliss-reactive ketones (excluding diaryl/α,β-unsaturated/α-hetero) is 1. The van der Waals surface area contributed by atoms with E-state index in [4.69, 9.17) is 19.2 Å². The van der Waals surface area contributed by atoms with Gasteiger partial charge in [-0.05, 0) is 29.5 Å². The van der Waals surface area contributed by atoms with Gasteiger partial charge in [-0.1, -0.05) is 31.7 Å². The Morgan fingerprint density at radius 1 is 1.14 bits per heavy atom. The lowest BCUT2D eigenvalue weighted by molar-refractivity contribution is -0.118. The summed E-state index contributed by atoms with van der Waals surface area (Å²) in [6.45, 7) is 8.44. The first-order valence-electron chi connectivity index (χ1n) is 12.6. The van der Waals surface area contributed by atoms with Crippen LogP contribution in [0.2, 0.25) is 0 Å². The zero-order chi connectivity index (χ0) is 26.2. The molecule has 2 N–H and O–H groups in total. The van der Waals surface area contributed by atoms with Gasteiger partial charge in [0.05, 0.1) is 33.0 Å². The molecule has 1 aromatic carbocycles. The number of hydrogen-bond acceptors (Lipinski definition) is 9. The number of thioether (sulfide) groups is 1. The number of rotatable bonds is 7. The fraction of sp³-hybridized carbons (Fsp3) is 0.519. The van der Waals surface area contributed by atoms with Crippen molar-refractivity contribution in [2.75, 3.05) is 58.1 Å². The molecule has 2 aromatic rings. The van der Waals surface area contributed by atoms with Gasteiger partial charge in [0, 0.05) is 49.0 Å². The van der Waals surface area contributed by atoms with Crippen molar-refractivity contribution in [3.63, 3.8) is 0 Å². The van der Waals surface area contributed by atoms with Crippen LogP contribution in [0.4, 0.5) is 5.82 Å². The molecule has 198 valence electrons. The average Bonchev–Trinajstić information content (AvgIpc) is 2.87. The van der Waals surface area contributed by atoms with E-state index in [1.54, 1.807) is 14.2 Å². The summed E-state index contributed by atoms with van der Waals surface area (Å²) in [5, 5.41) is 3.96. The number of nitrogens with zero attached hydrogens (tertiary/aromatic N) is 2. The van der Waals surface area contributed by atoms with Crippen LogP contribution in [0, 0.1) is 5.41 Å². The van der Waals surface area contributed by atoms with Crippen LogP contribution in [0.1, 0.15) is 43.7 Å². The number of aromatic amines is 1. The largest absolute Gasteiger partial charge is 0.493 e. The van der Waals surface area contributed by atoms with Crippen LogP contribution in [-0.2, 0) is 9.53 Å². The number of carbonyl (C=O) groups excluding carboxylic acids is 1. The molecule has 0 radical (unpaired) electrons. The number of H-pyrrole nitrogens is 1. The van der Waals surface area contributed by atoms with Gasteiger partial charge in [0.2, 0.25) is 0 Å². The highest BCUT2D eigenvalue weighted by Crippen LogP contribution is 2.48. The normalized spacial score (nSPS) is 21.2. The van der Waals surface area contributed by atoms with Crippen molar-refractivity contribution >= 4 is 23.4 Å². The molecule has 0 saturated carbocycles. The highest BCUT2D eigenvalue weighted by molar-refractivity contribution is 7.99. The molecule has 1 fully saturated rings. The number of ether oxygens (including phenoxy) is 3. The van der Waals surface area contributed by atoms with Gasteiger partial charge < -0.3 is 24.5 Å². The van der Waals surface area contributed by atoms with Crippen molar-refractivity contribution in [2.24, 2.45) is 5.41 Å². The zero-order valence-corrected chi connectivity index (χ0v) is 22.6. The molecule has 1 atom stereocenters. The Labute approximate surface area is 221 Å². The molecule has 0 unspecified atom stereocenters. The molecule has 3 aliphatic rings. The molecule has 2 aliphatic heterocycles. The quantitative estimate of drug-likeness (QED) is 0.415. The number of nitrogens with one attached hydrogen (secondary N) is 2. The molecule has 1 saturated heterocycles. The maximum absolute atomic E-state index is 13.6. The van der Waals surface area contributed by atoms with E-state index in [0.29, 0.717) is 46.5 Å². The minimum Gasteiger partial charge on any atom is -0.493 e. The Bertz CT molecular complexity index is 1280. The van der Waals surface area contributed by atoms with Crippen LogP contribution in [-0.4, -0.2) is 73.5 Å². The number of aromatic nitrogens is 2. The van der Waals surface area contributed by atoms with Crippen molar-refractivity contribution in [3.05, 3.63) is 50.9 Å². The van der Waals surface area contributed by atoms with Crippen LogP contribution in [0.5, 0.6) is 11.5 Å². The van der Waals surface area contributed by atoms with Crippen molar-refractivity contribution < 1.29 is 19.0 Å². The molecule has 10 heteroatoms. The van der Waals surface area contributed by atoms with Gasteiger partial charge in [-0.25, -0.2) is 4.98 Å². The predicted octanol–water partition coefficient (Wildman–Crippen LogP) is 3.41. The molecule has 0 spiro atoms. The first-order chi connectivity index (χ1) is 17.8. The summed E-state index contributed by atoms with van der Waals surface area (Å²) in [5.41, 5.74) is 2.31. The standard InChI is InChI=1S/C27H34N4O5S/c1-27(2)14-17-22(18(32)15-27)21(16-5-6-19(34-3)20(13-16)35-4)23-24(28-17)29-26(30-25(23)33)37-12-9-31-7-10-36-11-8-31/h5-6,13,21H,7-12,14-15H2,1-4H3,(H2,28,29,30,33)/t21-/m1/s1. The van der Waals surface area contributed by atoms with E-state index in [9.17, 15) is 9.59 Å². The Kier molecular flexibility index (Phi) is 7.33. The van der Waals surface area contributed by atoms with Crippen LogP contribution >= 0.6 is 11.8 Å². The van der Waals surface area contributed by atoms with E-state index in [-0.39, 0.29) is 16.8 Å². The molecule has 0 bridgehead atoms. The van der Waals surface area contributed by atoms with Gasteiger partial charge in [0.15, 0.2) is 22.4 Å². The van der Waals surface area contributed by atoms with Crippen LogP contribution < -0.4 is 20.3 Å². The molecular weight excluding hydrogens is 492 g/mol. The smallest absolute Gasteiger partial charge is 0.257 e. The number of hydrogen-bond donors (Lipinski definition) is 2. The number of fused-ring (bicyclic) bond motifs is 1. The topological polar surface area (TPSA) is 106 Å². The number of anilines is 1. The summed E-state index contributed by atoms with van der Waals surface area (Å²) >= 11 is 1.53. The van der Waals surface area contributed by atoms with Gasteiger partial charge in [0.25, 0.3) is 5.56 Å². The Morgan fingerprint density at radius 3 is 2.62 bits per heavy atom. The molecule has 0 amide bonds. The number of allylic oxidation sites excluding steroid dienone is 2. The van der Waals surface area contributed by atoms with E-state index in [0.717, 1.165) is 49.9 Å². The number of carbonyl (C=O) groups is 1. The summed E-state index contributed by atoms with van der Waals surface area (Å²) in [7, 11) is 3.16. The maximum atomic E-state index is 13.6. The zero-order valence-electron chi connectivity index (χ0n) is 21.8. The number of morpholine rings is 1. The molecule has 1 aromatic heterocycles. The minimum atomic E-state index is -0.543. The van der Waals surface area contributed by atoms with Crippen molar-refractivity contribution in [1.82, 2.24) is 14.9 Å². The summed E-state index contributed by atoms with van der Waals surface area (Å²) in [6.07, 6.45) is 1.12. The van der Waals surface area contributed by atoms with Crippen LogP contribution in [0.15, 0.2) is 39.4 Å². The van der Waals surface area contributed by atoms with Crippen molar-refractivity contribution in [1.29, 1.82) is 0 Å². The van der Waals surface area contributed by atoms with Gasteiger partial charge in [0.1, 0.15) is 5.82 Å². The predicted molar refractivity (Wildman–Crippen MR) is 143 cm³/mol. The van der Waals surface area contributed by atoms with Crippen LogP contribution in [0.3, 0.4) is 0 Å². The highest BCUT2D eigenvalue weighted by atomic mass is 32.2. The molecule has 3 heterocycles. The summed E-state index contributed by atoms with van der Waals surface area (Å²) in [5.74, 6) is 1.96. The summed E-state index contributed by atoms with van der Waals surface area (Å²) in [4.78, 5) is 37.2. The third kappa shape index (κ3) is 5.28. The van der Waals surface area contributed by atoms with Crippen LogP contribution in [0.25, 0.3) is 0 Å². The van der Waals surface area contributed by atoms with Gasteiger partial charge in [-0.15, -0.1) is 0 Å². The molecular formula is C27H34N4O5S. The number of benzene rings is 1. The average molecular weight is 527 g/mol. The van der Waals surface area contributed by atoms with E-state index < -0.39 is 5.92 Å². The van der Waals surface area contributed by atoms with E-state index in [1.165, 1.54) is 11.8 Å². The molecule has 37 heavy (non-hydrogen) atoms. The van der Waals surface area contributed by atoms with E-state index >= 15 is 0 Å². The molecule has 5 rings (SSSR count). The third-order valence-electron chi connectivity index (χ3n) is 7.19. The minimum absolute atomic E-state index is 0.0487. The van der Waals surface area contributed by atoms with Gasteiger partial charge in [-0.2, -0.15) is 0 Å². The maximum Gasteiger partial charge on any atom is 0.257 e. The fourth-order valence-corrected chi connectivity index (χ4v) is 6.29. The lowest BCUT2D eigenvalue weighted by atomic mass is 9.69. The number of methoxy groups -OCH3 is 2. The second-order valence-electron chi connectivity index (χ2n) is 10.4. The van der Waals surface area contributed by atoms with Gasteiger partial charge in [-0.3, -0.25) is 14.5 Å².